The summed E-state index contributed by atoms with van der Waals surface area (Å²) in [6.45, 7) is 4.09. The monoisotopic (exact) mass is 120 g/mol. The molecule has 1 rings (SSSR count). The fraction of sp³-hybridized carbons (Fsp3) is 0.375. The molecule has 0 aliphatic heterocycles. The Bertz CT molecular complexity index is 176. The Morgan fingerprint density at radius 1 is 1.67 bits per heavy atom. The van der Waals surface area contributed by atoms with E-state index in [2.05, 4.69) is 18.0 Å². The van der Waals surface area contributed by atoms with E-state index in [1.165, 1.54) is 5.56 Å². The second-order valence-corrected chi connectivity index (χ2v) is 2.09. The Morgan fingerprint density at radius 2 is 2.44 bits per heavy atom. The van der Waals surface area contributed by atoms with Gasteiger partial charge in [-0.1, -0.05) is 6.92 Å². The van der Waals surface area contributed by atoms with Crippen molar-refractivity contribution in [2.24, 2.45) is 0 Å². The minimum atomic E-state index is 0.972. The molecule has 0 fully saturated rings. The van der Waals surface area contributed by atoms with Crippen molar-refractivity contribution in [3.63, 3.8) is 0 Å². The Kier molecular flexibility index (Phi) is 1.83. The van der Waals surface area contributed by atoms with Crippen molar-refractivity contribution in [3.8, 4) is 0 Å². The molecule has 1 aromatic rings. The van der Waals surface area contributed by atoms with E-state index in [0.717, 1.165) is 12.1 Å². The van der Waals surface area contributed by atoms with Crippen molar-refractivity contribution in [3.05, 3.63) is 29.6 Å². The highest BCUT2D eigenvalue weighted by molar-refractivity contribution is 5.10. The molecule has 0 atom stereocenters. The van der Waals surface area contributed by atoms with Crippen LogP contribution in [0.25, 0.3) is 0 Å². The SMILES string of the molecule is CCc1[c]cc(C)cn1. The average molecular weight is 120 g/mol. The van der Waals surface area contributed by atoms with Crippen LogP contribution in [0.15, 0.2) is 12.3 Å². The predicted molar refractivity (Wildman–Crippen MR) is 37.2 cm³/mol. The van der Waals surface area contributed by atoms with Gasteiger partial charge >= 0.3 is 0 Å². The first-order valence-corrected chi connectivity index (χ1v) is 3.16. The number of aryl methyl sites for hydroxylation is 2. The van der Waals surface area contributed by atoms with Crippen LogP contribution in [0.5, 0.6) is 0 Å². The third-order valence-electron chi connectivity index (χ3n) is 1.23. The van der Waals surface area contributed by atoms with Crippen molar-refractivity contribution in [2.45, 2.75) is 20.3 Å². The van der Waals surface area contributed by atoms with Crippen LogP contribution in [-0.4, -0.2) is 4.98 Å². The van der Waals surface area contributed by atoms with Gasteiger partial charge in [0.05, 0.1) is 0 Å². The normalized spacial score (nSPS) is 9.56. The number of aromatic nitrogens is 1. The van der Waals surface area contributed by atoms with Crippen LogP contribution in [0, 0.1) is 13.0 Å². The minimum absolute atomic E-state index is 0.972. The number of pyridine rings is 1. The summed E-state index contributed by atoms with van der Waals surface area (Å²) in [4.78, 5) is 4.14. The summed E-state index contributed by atoms with van der Waals surface area (Å²) >= 11 is 0. The Balaban J connectivity index is 2.88. The van der Waals surface area contributed by atoms with Crippen LogP contribution >= 0.6 is 0 Å². The highest BCUT2D eigenvalue weighted by Crippen LogP contribution is 1.96. The highest BCUT2D eigenvalue weighted by atomic mass is 14.7. The zero-order valence-corrected chi connectivity index (χ0v) is 5.81. The molecule has 0 aromatic carbocycles. The Labute approximate surface area is 55.7 Å². The molecule has 1 heteroatoms. The molecule has 0 aliphatic rings. The maximum Gasteiger partial charge on any atom is 0.0480 e. The first kappa shape index (κ1) is 6.27. The fourth-order valence-electron chi connectivity index (χ4n) is 0.645. The first-order valence-electron chi connectivity index (χ1n) is 3.16. The number of nitrogens with zero attached hydrogens (tertiary/aromatic N) is 1. The zero-order valence-electron chi connectivity index (χ0n) is 5.81. The summed E-state index contributed by atoms with van der Waals surface area (Å²) in [6, 6.07) is 5.04. The molecule has 1 nitrogen and oxygen atoms in total. The van der Waals surface area contributed by atoms with E-state index in [1.807, 2.05) is 19.2 Å². The lowest BCUT2D eigenvalue weighted by Gasteiger charge is -1.92. The molecule has 1 heterocycles. The lowest BCUT2D eigenvalue weighted by Crippen LogP contribution is -1.85. The summed E-state index contributed by atoms with van der Waals surface area (Å²) in [5.41, 5.74) is 2.22. The molecule has 47 valence electrons. The van der Waals surface area contributed by atoms with E-state index in [0.29, 0.717) is 0 Å². The average Bonchev–Trinajstić information content (AvgIpc) is 1.90. The van der Waals surface area contributed by atoms with Gasteiger partial charge < -0.3 is 0 Å². The quantitative estimate of drug-likeness (QED) is 0.550. The van der Waals surface area contributed by atoms with Crippen LogP contribution < -0.4 is 0 Å². The fourth-order valence-corrected chi connectivity index (χ4v) is 0.645. The molecule has 0 aliphatic carbocycles. The van der Waals surface area contributed by atoms with Gasteiger partial charge in [0.2, 0.25) is 0 Å². The van der Waals surface area contributed by atoms with Gasteiger partial charge in [0.15, 0.2) is 0 Å². The molecule has 1 radical (unpaired) electrons. The molecule has 0 N–H and O–H groups in total. The first-order chi connectivity index (χ1) is 4.33. The maximum absolute atomic E-state index is 4.14. The number of rotatable bonds is 1. The maximum atomic E-state index is 4.14. The van der Waals surface area contributed by atoms with Gasteiger partial charge in [-0.05, 0) is 25.0 Å². The van der Waals surface area contributed by atoms with Crippen molar-refractivity contribution in [1.29, 1.82) is 0 Å². The lowest BCUT2D eigenvalue weighted by atomic mass is 10.2. The topological polar surface area (TPSA) is 12.9 Å². The van der Waals surface area contributed by atoms with E-state index >= 15 is 0 Å². The van der Waals surface area contributed by atoms with Gasteiger partial charge in [0.25, 0.3) is 0 Å². The van der Waals surface area contributed by atoms with Gasteiger partial charge in [0, 0.05) is 18.0 Å². The minimum Gasteiger partial charge on any atom is -0.260 e. The molecular formula is C8H10N. The van der Waals surface area contributed by atoms with Gasteiger partial charge in [-0.25, -0.2) is 0 Å². The number of hydrogen-bond acceptors (Lipinski definition) is 1. The summed E-state index contributed by atoms with van der Waals surface area (Å²) in [5.74, 6) is 0. The predicted octanol–water partition coefficient (Wildman–Crippen LogP) is 1.75. The largest absolute Gasteiger partial charge is 0.260 e. The van der Waals surface area contributed by atoms with Crippen molar-refractivity contribution in [1.82, 2.24) is 4.98 Å². The van der Waals surface area contributed by atoms with Crippen molar-refractivity contribution >= 4 is 0 Å². The lowest BCUT2D eigenvalue weighted by molar-refractivity contribution is 1.02. The van der Waals surface area contributed by atoms with Crippen LogP contribution in [0.3, 0.4) is 0 Å². The summed E-state index contributed by atoms with van der Waals surface area (Å²) < 4.78 is 0. The van der Waals surface area contributed by atoms with Gasteiger partial charge in [-0.3, -0.25) is 4.98 Å². The van der Waals surface area contributed by atoms with E-state index < -0.39 is 0 Å². The molecule has 0 saturated carbocycles. The van der Waals surface area contributed by atoms with E-state index in [9.17, 15) is 0 Å². The molecule has 0 saturated heterocycles. The highest BCUT2D eigenvalue weighted by Gasteiger charge is 1.87. The summed E-state index contributed by atoms with van der Waals surface area (Å²) in [5, 5.41) is 0. The summed E-state index contributed by atoms with van der Waals surface area (Å²) in [6.07, 6.45) is 2.84. The van der Waals surface area contributed by atoms with Crippen LogP contribution in [0.1, 0.15) is 18.2 Å². The third-order valence-corrected chi connectivity index (χ3v) is 1.23. The standard InChI is InChI=1S/C8H10N/c1-3-8-5-4-7(2)6-9-8/h4,6H,3H2,1-2H3. The van der Waals surface area contributed by atoms with Gasteiger partial charge in [-0.15, -0.1) is 0 Å². The molecule has 0 unspecified atom stereocenters. The molecule has 0 amide bonds. The summed E-state index contributed by atoms with van der Waals surface area (Å²) in [7, 11) is 0. The van der Waals surface area contributed by atoms with Gasteiger partial charge in [0.1, 0.15) is 0 Å². The molecule has 0 bridgehead atoms. The van der Waals surface area contributed by atoms with Crippen LogP contribution in [0.2, 0.25) is 0 Å². The second-order valence-electron chi connectivity index (χ2n) is 2.09. The van der Waals surface area contributed by atoms with E-state index in [-0.39, 0.29) is 0 Å². The van der Waals surface area contributed by atoms with E-state index in [1.54, 1.807) is 0 Å². The van der Waals surface area contributed by atoms with Crippen LogP contribution in [0.4, 0.5) is 0 Å². The third kappa shape index (κ3) is 1.53. The van der Waals surface area contributed by atoms with E-state index in [4.69, 9.17) is 0 Å². The molecular weight excluding hydrogens is 110 g/mol. The second kappa shape index (κ2) is 2.62. The smallest absolute Gasteiger partial charge is 0.0480 e. The number of hydrogen-bond donors (Lipinski definition) is 0. The van der Waals surface area contributed by atoms with Crippen molar-refractivity contribution < 1.29 is 0 Å². The molecule has 0 spiro atoms. The molecule has 9 heavy (non-hydrogen) atoms. The Hall–Kier alpha value is -0.850. The Morgan fingerprint density at radius 3 is 2.89 bits per heavy atom. The molecule has 1 aromatic heterocycles. The van der Waals surface area contributed by atoms with Crippen LogP contribution in [-0.2, 0) is 6.42 Å². The van der Waals surface area contributed by atoms with Crippen molar-refractivity contribution in [2.75, 3.05) is 0 Å². The van der Waals surface area contributed by atoms with Gasteiger partial charge in [-0.2, -0.15) is 0 Å². The zero-order chi connectivity index (χ0) is 6.69.